The summed E-state index contributed by atoms with van der Waals surface area (Å²) < 4.78 is 1.14. The molecule has 0 spiro atoms. The first-order chi connectivity index (χ1) is 6.75. The minimum Gasteiger partial charge on any atom is -0.152 e. The minimum atomic E-state index is 0.0981. The molecule has 1 unspecified atom stereocenters. The molecular weight excluding hydrogens is 300 g/mol. The molecule has 0 aliphatic carbocycles. The van der Waals surface area contributed by atoms with Gasteiger partial charge in [-0.3, -0.25) is 0 Å². The number of thiophene rings is 2. The zero-order valence-electron chi connectivity index (χ0n) is 7.24. The lowest BCUT2D eigenvalue weighted by Gasteiger charge is -2.04. The third-order valence-corrected chi connectivity index (χ3v) is 4.89. The fraction of sp³-hybridized carbons (Fsp3) is 0.200. The zero-order chi connectivity index (χ0) is 9.97. The summed E-state index contributed by atoms with van der Waals surface area (Å²) in [5.74, 6) is 0. The highest BCUT2D eigenvalue weighted by Crippen LogP contribution is 2.33. The molecule has 0 fully saturated rings. The topological polar surface area (TPSA) is 0 Å². The van der Waals surface area contributed by atoms with Crippen molar-refractivity contribution in [3.8, 4) is 0 Å². The molecule has 2 heterocycles. The summed E-state index contributed by atoms with van der Waals surface area (Å²) in [6, 6.07) is 6.25. The van der Waals surface area contributed by atoms with Crippen LogP contribution < -0.4 is 0 Å². The van der Waals surface area contributed by atoms with Crippen LogP contribution in [0, 0.1) is 0 Å². The average Bonchev–Trinajstić information content (AvgIpc) is 2.75. The first-order valence-corrected chi connectivity index (χ1v) is 7.15. The largest absolute Gasteiger partial charge is 0.152 e. The fourth-order valence-electron chi connectivity index (χ4n) is 1.21. The molecule has 0 saturated heterocycles. The van der Waals surface area contributed by atoms with Crippen LogP contribution in [0.3, 0.4) is 0 Å². The van der Waals surface area contributed by atoms with E-state index in [-0.39, 0.29) is 5.38 Å². The van der Waals surface area contributed by atoms with E-state index in [2.05, 4.69) is 38.8 Å². The van der Waals surface area contributed by atoms with Crippen LogP contribution in [0.5, 0.6) is 0 Å². The molecule has 74 valence electrons. The van der Waals surface area contributed by atoms with E-state index in [4.69, 9.17) is 11.6 Å². The molecule has 0 bridgehead atoms. The van der Waals surface area contributed by atoms with Crippen LogP contribution in [-0.2, 0) is 6.42 Å². The van der Waals surface area contributed by atoms with Crippen molar-refractivity contribution < 1.29 is 0 Å². The van der Waals surface area contributed by atoms with E-state index in [9.17, 15) is 0 Å². The number of alkyl halides is 1. The van der Waals surface area contributed by atoms with Gasteiger partial charge in [0.25, 0.3) is 0 Å². The average molecular weight is 308 g/mol. The van der Waals surface area contributed by atoms with Gasteiger partial charge in [0.05, 0.1) is 9.16 Å². The lowest BCUT2D eigenvalue weighted by molar-refractivity contribution is 0.945. The summed E-state index contributed by atoms with van der Waals surface area (Å²) in [5, 5.41) is 4.34. The molecule has 0 aliphatic heterocycles. The minimum absolute atomic E-state index is 0.0981. The lowest BCUT2D eigenvalue weighted by atomic mass is 10.2. The second-order valence-electron chi connectivity index (χ2n) is 2.95. The first-order valence-electron chi connectivity index (χ1n) is 4.16. The van der Waals surface area contributed by atoms with Gasteiger partial charge in [0, 0.05) is 4.88 Å². The van der Waals surface area contributed by atoms with Crippen molar-refractivity contribution in [1.82, 2.24) is 0 Å². The van der Waals surface area contributed by atoms with Gasteiger partial charge < -0.3 is 0 Å². The molecule has 0 saturated carbocycles. The molecule has 14 heavy (non-hydrogen) atoms. The monoisotopic (exact) mass is 306 g/mol. The Labute approximate surface area is 105 Å². The third-order valence-electron chi connectivity index (χ3n) is 1.90. The van der Waals surface area contributed by atoms with E-state index in [0.29, 0.717) is 0 Å². The summed E-state index contributed by atoms with van der Waals surface area (Å²) in [6.07, 6.45) is 0.915. The van der Waals surface area contributed by atoms with Crippen LogP contribution in [0.2, 0.25) is 0 Å². The number of hydrogen-bond acceptors (Lipinski definition) is 2. The Morgan fingerprint density at radius 2 is 2.21 bits per heavy atom. The number of hydrogen-bond donors (Lipinski definition) is 0. The van der Waals surface area contributed by atoms with Crippen molar-refractivity contribution in [2.45, 2.75) is 11.8 Å². The van der Waals surface area contributed by atoms with Crippen LogP contribution in [0.4, 0.5) is 0 Å². The second-order valence-corrected chi connectivity index (χ2v) is 6.75. The Bertz CT molecular complexity index is 394. The first kappa shape index (κ1) is 10.7. The van der Waals surface area contributed by atoms with Gasteiger partial charge in [0.2, 0.25) is 0 Å². The van der Waals surface area contributed by atoms with Gasteiger partial charge in [-0.25, -0.2) is 0 Å². The predicted molar refractivity (Wildman–Crippen MR) is 68.6 cm³/mol. The molecule has 1 atom stereocenters. The molecular formula is C10H8BrClS2. The Balaban J connectivity index is 2.06. The van der Waals surface area contributed by atoms with Crippen LogP contribution in [0.15, 0.2) is 32.7 Å². The Hall–Kier alpha value is 0.170. The molecule has 0 radical (unpaired) electrons. The number of halogens is 2. The molecule has 0 aromatic carbocycles. The van der Waals surface area contributed by atoms with E-state index in [1.807, 2.05) is 6.07 Å². The fourth-order valence-corrected chi connectivity index (χ4v) is 3.68. The summed E-state index contributed by atoms with van der Waals surface area (Å²) in [7, 11) is 0. The molecule has 0 aliphatic rings. The lowest BCUT2D eigenvalue weighted by Crippen LogP contribution is -1.90. The van der Waals surface area contributed by atoms with Gasteiger partial charge >= 0.3 is 0 Å². The van der Waals surface area contributed by atoms with Gasteiger partial charge in [0.1, 0.15) is 0 Å². The van der Waals surface area contributed by atoms with Gasteiger partial charge in [-0.05, 0) is 56.9 Å². The maximum atomic E-state index is 6.31. The summed E-state index contributed by atoms with van der Waals surface area (Å²) in [5.41, 5.74) is 1.32. The quantitative estimate of drug-likeness (QED) is 0.692. The van der Waals surface area contributed by atoms with E-state index in [1.54, 1.807) is 22.7 Å². The van der Waals surface area contributed by atoms with Crippen molar-refractivity contribution >= 4 is 50.2 Å². The van der Waals surface area contributed by atoms with E-state index >= 15 is 0 Å². The maximum absolute atomic E-state index is 6.31. The standard InChI is InChI=1S/C10H8BrClS2/c11-10-2-1-9(14-10)8(12)5-7-3-4-13-6-7/h1-4,6,8H,5H2. The summed E-state index contributed by atoms with van der Waals surface area (Å²) in [6.45, 7) is 0. The van der Waals surface area contributed by atoms with E-state index in [0.717, 1.165) is 10.2 Å². The maximum Gasteiger partial charge on any atom is 0.0719 e. The highest BCUT2D eigenvalue weighted by Gasteiger charge is 2.11. The van der Waals surface area contributed by atoms with Crippen molar-refractivity contribution in [2.75, 3.05) is 0 Å². The Morgan fingerprint density at radius 1 is 1.36 bits per heavy atom. The van der Waals surface area contributed by atoms with Crippen LogP contribution >= 0.6 is 50.2 Å². The van der Waals surface area contributed by atoms with Gasteiger partial charge in [0.15, 0.2) is 0 Å². The molecule has 2 rings (SSSR count). The van der Waals surface area contributed by atoms with Gasteiger partial charge in [-0.2, -0.15) is 11.3 Å². The Morgan fingerprint density at radius 3 is 2.79 bits per heavy atom. The van der Waals surface area contributed by atoms with Crippen molar-refractivity contribution in [3.05, 3.63) is 43.2 Å². The van der Waals surface area contributed by atoms with Crippen LogP contribution in [0.25, 0.3) is 0 Å². The summed E-state index contributed by atoms with van der Waals surface area (Å²) >= 11 is 13.2. The van der Waals surface area contributed by atoms with Crippen molar-refractivity contribution in [2.24, 2.45) is 0 Å². The SMILES string of the molecule is ClC(Cc1ccsc1)c1ccc(Br)s1. The molecule has 0 N–H and O–H groups in total. The highest BCUT2D eigenvalue weighted by atomic mass is 79.9. The molecule has 2 aromatic rings. The van der Waals surface area contributed by atoms with Crippen molar-refractivity contribution in [1.29, 1.82) is 0 Å². The van der Waals surface area contributed by atoms with E-state index in [1.165, 1.54) is 10.4 Å². The van der Waals surface area contributed by atoms with Gasteiger partial charge in [-0.1, -0.05) is 0 Å². The Kier molecular flexibility index (Phi) is 3.66. The molecule has 4 heteroatoms. The number of rotatable bonds is 3. The molecule has 0 nitrogen and oxygen atoms in total. The molecule has 0 amide bonds. The highest BCUT2D eigenvalue weighted by molar-refractivity contribution is 9.11. The van der Waals surface area contributed by atoms with Crippen molar-refractivity contribution in [3.63, 3.8) is 0 Å². The van der Waals surface area contributed by atoms with Crippen LogP contribution in [-0.4, -0.2) is 0 Å². The smallest absolute Gasteiger partial charge is 0.0719 e. The molecule has 2 aromatic heterocycles. The zero-order valence-corrected chi connectivity index (χ0v) is 11.2. The van der Waals surface area contributed by atoms with Gasteiger partial charge in [-0.15, -0.1) is 22.9 Å². The normalized spacial score (nSPS) is 13.0. The van der Waals surface area contributed by atoms with Crippen LogP contribution in [0.1, 0.15) is 15.8 Å². The predicted octanol–water partition coefficient (Wildman–Crippen LogP) is 5.09. The van der Waals surface area contributed by atoms with E-state index < -0.39 is 0 Å². The third kappa shape index (κ3) is 2.60. The second kappa shape index (κ2) is 4.79. The summed E-state index contributed by atoms with van der Waals surface area (Å²) in [4.78, 5) is 1.23.